The molecular formula is C17H23NO2. The van der Waals surface area contributed by atoms with E-state index in [1.807, 2.05) is 0 Å². The second-order valence-electron chi connectivity index (χ2n) is 5.86. The smallest absolute Gasteiger partial charge is 0.251 e. The number of hydrogen-bond donors (Lipinski definition) is 2. The molecule has 0 aliphatic carbocycles. The van der Waals surface area contributed by atoms with Crippen molar-refractivity contribution in [3.8, 4) is 11.8 Å². The van der Waals surface area contributed by atoms with Crippen molar-refractivity contribution in [2.24, 2.45) is 11.3 Å². The molecule has 20 heavy (non-hydrogen) atoms. The second-order valence-corrected chi connectivity index (χ2v) is 5.86. The Labute approximate surface area is 121 Å². The van der Waals surface area contributed by atoms with Crippen LogP contribution in [0.4, 0.5) is 0 Å². The highest BCUT2D eigenvalue weighted by Crippen LogP contribution is 2.24. The standard InChI is InChI=1S/C17H23NO2/c1-13(2)17(3,4)12-18-16(20)15-9-7-14(8-10-15)6-5-11-19/h7-10,13,19H,11-12H2,1-4H3,(H,18,20). The Hall–Kier alpha value is -1.79. The zero-order valence-electron chi connectivity index (χ0n) is 12.7. The van der Waals surface area contributed by atoms with Crippen molar-refractivity contribution < 1.29 is 9.90 Å². The number of aliphatic hydroxyl groups is 1. The van der Waals surface area contributed by atoms with Crippen molar-refractivity contribution in [2.75, 3.05) is 13.2 Å². The van der Waals surface area contributed by atoms with Gasteiger partial charge >= 0.3 is 0 Å². The molecule has 0 radical (unpaired) electrons. The highest BCUT2D eigenvalue weighted by molar-refractivity contribution is 5.94. The van der Waals surface area contributed by atoms with Gasteiger partial charge in [-0.2, -0.15) is 0 Å². The maximum absolute atomic E-state index is 12.1. The summed E-state index contributed by atoms with van der Waals surface area (Å²) in [7, 11) is 0. The van der Waals surface area contributed by atoms with Gasteiger partial charge in [0, 0.05) is 17.7 Å². The molecule has 0 aliphatic rings. The van der Waals surface area contributed by atoms with Crippen LogP contribution in [0, 0.1) is 23.2 Å². The fourth-order valence-corrected chi connectivity index (χ4v) is 1.46. The van der Waals surface area contributed by atoms with E-state index in [1.165, 1.54) is 0 Å². The highest BCUT2D eigenvalue weighted by atomic mass is 16.2. The maximum atomic E-state index is 12.1. The molecular weight excluding hydrogens is 250 g/mol. The van der Waals surface area contributed by atoms with E-state index < -0.39 is 0 Å². The second kappa shape index (κ2) is 7.12. The molecule has 1 amide bonds. The average Bonchev–Trinajstić information content (AvgIpc) is 2.43. The predicted octanol–water partition coefficient (Wildman–Crippen LogP) is 2.44. The minimum absolute atomic E-state index is 0.0691. The van der Waals surface area contributed by atoms with E-state index >= 15 is 0 Å². The van der Waals surface area contributed by atoms with E-state index in [-0.39, 0.29) is 17.9 Å². The largest absolute Gasteiger partial charge is 0.384 e. The summed E-state index contributed by atoms with van der Waals surface area (Å²) in [6.45, 7) is 9.08. The zero-order chi connectivity index (χ0) is 15.2. The van der Waals surface area contributed by atoms with E-state index in [0.717, 1.165) is 5.56 Å². The first-order chi connectivity index (χ1) is 9.36. The maximum Gasteiger partial charge on any atom is 0.251 e. The molecule has 0 atom stereocenters. The zero-order valence-corrected chi connectivity index (χ0v) is 12.7. The Morgan fingerprint density at radius 1 is 1.30 bits per heavy atom. The van der Waals surface area contributed by atoms with Crippen molar-refractivity contribution >= 4 is 5.91 Å². The monoisotopic (exact) mass is 273 g/mol. The summed E-state index contributed by atoms with van der Waals surface area (Å²) >= 11 is 0. The number of benzene rings is 1. The third kappa shape index (κ3) is 4.71. The van der Waals surface area contributed by atoms with Gasteiger partial charge in [-0.3, -0.25) is 4.79 Å². The van der Waals surface area contributed by atoms with Crippen molar-refractivity contribution in [2.45, 2.75) is 27.7 Å². The number of amides is 1. The topological polar surface area (TPSA) is 49.3 Å². The number of hydrogen-bond acceptors (Lipinski definition) is 2. The van der Waals surface area contributed by atoms with Crippen LogP contribution in [0.3, 0.4) is 0 Å². The Morgan fingerprint density at radius 2 is 1.90 bits per heavy atom. The van der Waals surface area contributed by atoms with Gasteiger partial charge in [0.15, 0.2) is 0 Å². The average molecular weight is 273 g/mol. The van der Waals surface area contributed by atoms with Gasteiger partial charge in [0.1, 0.15) is 6.61 Å². The van der Waals surface area contributed by atoms with Gasteiger partial charge in [-0.25, -0.2) is 0 Å². The molecule has 0 aromatic heterocycles. The molecule has 3 heteroatoms. The molecule has 3 nitrogen and oxygen atoms in total. The molecule has 0 saturated heterocycles. The first kappa shape index (κ1) is 16.3. The number of aliphatic hydroxyl groups excluding tert-OH is 1. The molecule has 2 N–H and O–H groups in total. The normalized spacial score (nSPS) is 10.9. The van der Waals surface area contributed by atoms with E-state index in [2.05, 4.69) is 44.9 Å². The summed E-state index contributed by atoms with van der Waals surface area (Å²) in [5.74, 6) is 5.81. The number of carbonyl (C=O) groups is 1. The van der Waals surface area contributed by atoms with Gasteiger partial charge in [-0.05, 0) is 35.6 Å². The fraction of sp³-hybridized carbons (Fsp3) is 0.471. The lowest BCUT2D eigenvalue weighted by Gasteiger charge is -2.29. The summed E-state index contributed by atoms with van der Waals surface area (Å²) in [5.41, 5.74) is 1.49. The third-order valence-corrected chi connectivity index (χ3v) is 3.73. The molecule has 1 aromatic carbocycles. The minimum Gasteiger partial charge on any atom is -0.384 e. The van der Waals surface area contributed by atoms with E-state index in [1.54, 1.807) is 24.3 Å². The van der Waals surface area contributed by atoms with Gasteiger partial charge in [0.25, 0.3) is 5.91 Å². The lowest BCUT2D eigenvalue weighted by molar-refractivity contribution is 0.0925. The van der Waals surface area contributed by atoms with Crippen LogP contribution in [0.1, 0.15) is 43.6 Å². The van der Waals surface area contributed by atoms with Gasteiger partial charge in [-0.1, -0.05) is 39.5 Å². The Balaban J connectivity index is 2.65. The number of rotatable bonds is 4. The molecule has 0 fully saturated rings. The van der Waals surface area contributed by atoms with Crippen molar-refractivity contribution in [3.63, 3.8) is 0 Å². The SMILES string of the molecule is CC(C)C(C)(C)CNC(=O)c1ccc(C#CCO)cc1. The van der Waals surface area contributed by atoms with Gasteiger partial charge < -0.3 is 10.4 Å². The summed E-state index contributed by atoms with van der Waals surface area (Å²) in [5, 5.41) is 11.6. The quantitative estimate of drug-likeness (QED) is 0.828. The molecule has 0 unspecified atom stereocenters. The van der Waals surface area contributed by atoms with Crippen LogP contribution in [0.15, 0.2) is 24.3 Å². The minimum atomic E-state index is -0.160. The van der Waals surface area contributed by atoms with Crippen LogP contribution < -0.4 is 5.32 Å². The van der Waals surface area contributed by atoms with Crippen LogP contribution >= 0.6 is 0 Å². The molecule has 0 bridgehead atoms. The Morgan fingerprint density at radius 3 is 2.40 bits per heavy atom. The summed E-state index contributed by atoms with van der Waals surface area (Å²) in [6, 6.07) is 7.06. The molecule has 0 spiro atoms. The molecule has 1 rings (SSSR count). The predicted molar refractivity (Wildman–Crippen MR) is 81.4 cm³/mol. The van der Waals surface area contributed by atoms with Gasteiger partial charge in [0.05, 0.1) is 0 Å². The van der Waals surface area contributed by atoms with Crippen LogP contribution in [-0.2, 0) is 0 Å². The third-order valence-electron chi connectivity index (χ3n) is 3.73. The lowest BCUT2D eigenvalue weighted by atomic mass is 9.81. The van der Waals surface area contributed by atoms with E-state index in [9.17, 15) is 4.79 Å². The fourth-order valence-electron chi connectivity index (χ4n) is 1.46. The van der Waals surface area contributed by atoms with Crippen molar-refractivity contribution in [3.05, 3.63) is 35.4 Å². The van der Waals surface area contributed by atoms with Crippen LogP contribution in [-0.4, -0.2) is 24.2 Å². The molecule has 108 valence electrons. The van der Waals surface area contributed by atoms with Crippen molar-refractivity contribution in [1.29, 1.82) is 0 Å². The number of nitrogens with one attached hydrogen (secondary N) is 1. The summed E-state index contributed by atoms with van der Waals surface area (Å²) in [4.78, 5) is 12.1. The van der Waals surface area contributed by atoms with E-state index in [0.29, 0.717) is 18.0 Å². The molecule has 0 heterocycles. The summed E-state index contributed by atoms with van der Waals surface area (Å²) in [6.07, 6.45) is 0. The van der Waals surface area contributed by atoms with Gasteiger partial charge in [-0.15, -0.1) is 0 Å². The van der Waals surface area contributed by atoms with Gasteiger partial charge in [0.2, 0.25) is 0 Å². The first-order valence-corrected chi connectivity index (χ1v) is 6.85. The van der Waals surface area contributed by atoms with Crippen LogP contribution in [0.25, 0.3) is 0 Å². The van der Waals surface area contributed by atoms with Crippen LogP contribution in [0.2, 0.25) is 0 Å². The molecule has 0 aliphatic heterocycles. The molecule has 0 saturated carbocycles. The van der Waals surface area contributed by atoms with E-state index in [4.69, 9.17) is 5.11 Å². The highest BCUT2D eigenvalue weighted by Gasteiger charge is 2.23. The van der Waals surface area contributed by atoms with Crippen molar-refractivity contribution in [1.82, 2.24) is 5.32 Å². The Bertz CT molecular complexity index is 504. The lowest BCUT2D eigenvalue weighted by Crippen LogP contribution is -2.36. The summed E-state index contributed by atoms with van der Waals surface area (Å²) < 4.78 is 0. The van der Waals surface area contributed by atoms with Crippen LogP contribution in [0.5, 0.6) is 0 Å². The first-order valence-electron chi connectivity index (χ1n) is 6.85. The molecule has 1 aromatic rings. The number of carbonyl (C=O) groups excluding carboxylic acids is 1. The Kier molecular flexibility index (Phi) is 5.79.